The fraction of sp³-hybridized carbons (Fsp3) is 0.786. The molecule has 4 nitrogen and oxygen atoms in total. The SMILES string of the molecule is C=C(C)C(CC(=O)OCC)CC(OCC)OCC. The molecule has 0 aliphatic heterocycles. The number of allylic oxidation sites excluding steroid dienone is 1. The van der Waals surface area contributed by atoms with Crippen LogP contribution in [-0.2, 0) is 19.0 Å². The van der Waals surface area contributed by atoms with Crippen LogP contribution >= 0.6 is 0 Å². The number of hydrogen-bond acceptors (Lipinski definition) is 4. The molecule has 0 radical (unpaired) electrons. The Morgan fingerprint density at radius 2 is 1.67 bits per heavy atom. The van der Waals surface area contributed by atoms with E-state index in [1.165, 1.54) is 0 Å². The topological polar surface area (TPSA) is 44.8 Å². The Bertz CT molecular complexity index is 244. The zero-order chi connectivity index (χ0) is 14.0. The van der Waals surface area contributed by atoms with Crippen LogP contribution < -0.4 is 0 Å². The molecule has 0 fully saturated rings. The van der Waals surface area contributed by atoms with Gasteiger partial charge in [0.15, 0.2) is 6.29 Å². The van der Waals surface area contributed by atoms with Gasteiger partial charge in [-0.25, -0.2) is 0 Å². The normalized spacial score (nSPS) is 12.5. The third-order valence-corrected chi connectivity index (χ3v) is 2.60. The minimum Gasteiger partial charge on any atom is -0.466 e. The molecule has 0 saturated carbocycles. The van der Waals surface area contributed by atoms with E-state index in [0.29, 0.717) is 32.7 Å². The van der Waals surface area contributed by atoms with Crippen molar-refractivity contribution in [1.82, 2.24) is 0 Å². The average Bonchev–Trinajstić information content (AvgIpc) is 2.29. The largest absolute Gasteiger partial charge is 0.466 e. The van der Waals surface area contributed by atoms with Crippen molar-refractivity contribution in [3.63, 3.8) is 0 Å². The van der Waals surface area contributed by atoms with Gasteiger partial charge >= 0.3 is 5.97 Å². The second-order valence-electron chi connectivity index (χ2n) is 4.13. The predicted octanol–water partition coefficient (Wildman–Crippen LogP) is 2.92. The van der Waals surface area contributed by atoms with E-state index in [2.05, 4.69) is 6.58 Å². The molecule has 0 N–H and O–H groups in total. The molecule has 0 aromatic rings. The van der Waals surface area contributed by atoms with E-state index in [-0.39, 0.29) is 18.2 Å². The lowest BCUT2D eigenvalue weighted by Gasteiger charge is -2.23. The van der Waals surface area contributed by atoms with Crippen LogP contribution in [0, 0.1) is 5.92 Å². The van der Waals surface area contributed by atoms with Crippen molar-refractivity contribution in [3.8, 4) is 0 Å². The van der Waals surface area contributed by atoms with Crippen LogP contribution in [-0.4, -0.2) is 32.1 Å². The summed E-state index contributed by atoms with van der Waals surface area (Å²) in [6.45, 7) is 13.1. The molecule has 18 heavy (non-hydrogen) atoms. The van der Waals surface area contributed by atoms with Gasteiger partial charge in [0.05, 0.1) is 13.0 Å². The highest BCUT2D eigenvalue weighted by molar-refractivity contribution is 5.70. The van der Waals surface area contributed by atoms with Gasteiger partial charge in [-0.1, -0.05) is 12.2 Å². The molecule has 1 atom stereocenters. The smallest absolute Gasteiger partial charge is 0.306 e. The fourth-order valence-electron chi connectivity index (χ4n) is 1.67. The number of hydrogen-bond donors (Lipinski definition) is 0. The van der Waals surface area contributed by atoms with Crippen LogP contribution in [0.3, 0.4) is 0 Å². The molecule has 0 saturated heterocycles. The molecule has 0 spiro atoms. The summed E-state index contributed by atoms with van der Waals surface area (Å²) >= 11 is 0. The molecular weight excluding hydrogens is 232 g/mol. The molecule has 0 heterocycles. The van der Waals surface area contributed by atoms with Gasteiger partial charge in [0, 0.05) is 19.6 Å². The summed E-state index contributed by atoms with van der Waals surface area (Å²) in [5.74, 6) is -0.163. The minimum absolute atomic E-state index is 0.0344. The second kappa shape index (κ2) is 10.1. The van der Waals surface area contributed by atoms with E-state index in [1.54, 1.807) is 6.92 Å². The Balaban J connectivity index is 4.39. The van der Waals surface area contributed by atoms with Crippen LogP contribution in [0.15, 0.2) is 12.2 Å². The number of carbonyl (C=O) groups is 1. The van der Waals surface area contributed by atoms with Gasteiger partial charge in [0.25, 0.3) is 0 Å². The minimum atomic E-state index is -0.281. The van der Waals surface area contributed by atoms with Crippen molar-refractivity contribution in [1.29, 1.82) is 0 Å². The van der Waals surface area contributed by atoms with E-state index < -0.39 is 0 Å². The highest BCUT2D eigenvalue weighted by Gasteiger charge is 2.21. The van der Waals surface area contributed by atoms with Gasteiger partial charge in [-0.05, 0) is 33.6 Å². The number of carbonyl (C=O) groups excluding carboxylic acids is 1. The van der Waals surface area contributed by atoms with E-state index in [4.69, 9.17) is 14.2 Å². The van der Waals surface area contributed by atoms with E-state index in [1.807, 2.05) is 20.8 Å². The van der Waals surface area contributed by atoms with Crippen LogP contribution in [0.4, 0.5) is 0 Å². The molecule has 1 unspecified atom stereocenters. The molecule has 0 aromatic heterocycles. The highest BCUT2D eigenvalue weighted by atomic mass is 16.7. The lowest BCUT2D eigenvalue weighted by molar-refractivity contribution is -0.151. The third kappa shape index (κ3) is 7.45. The fourth-order valence-corrected chi connectivity index (χ4v) is 1.67. The van der Waals surface area contributed by atoms with Crippen molar-refractivity contribution in [3.05, 3.63) is 12.2 Å². The van der Waals surface area contributed by atoms with Crippen molar-refractivity contribution in [2.24, 2.45) is 5.92 Å². The standard InChI is InChI=1S/C14H26O4/c1-6-16-13(15)9-12(11(4)5)10-14(17-7-2)18-8-3/h12,14H,4,6-10H2,1-3,5H3. The Morgan fingerprint density at radius 1 is 1.11 bits per heavy atom. The monoisotopic (exact) mass is 258 g/mol. The second-order valence-corrected chi connectivity index (χ2v) is 4.13. The maximum atomic E-state index is 11.5. The van der Waals surface area contributed by atoms with Crippen LogP contribution in [0.25, 0.3) is 0 Å². The first-order valence-electron chi connectivity index (χ1n) is 6.59. The summed E-state index contributed by atoms with van der Waals surface area (Å²) < 4.78 is 15.9. The van der Waals surface area contributed by atoms with Crippen LogP contribution in [0.2, 0.25) is 0 Å². The molecule has 0 aliphatic carbocycles. The molecule has 0 aliphatic rings. The van der Waals surface area contributed by atoms with Gasteiger partial charge in [0.2, 0.25) is 0 Å². The van der Waals surface area contributed by atoms with E-state index in [0.717, 1.165) is 5.57 Å². The van der Waals surface area contributed by atoms with E-state index >= 15 is 0 Å². The lowest BCUT2D eigenvalue weighted by atomic mass is 9.94. The van der Waals surface area contributed by atoms with Crippen molar-refractivity contribution in [2.75, 3.05) is 19.8 Å². The molecular formula is C14H26O4. The first-order valence-corrected chi connectivity index (χ1v) is 6.59. The van der Waals surface area contributed by atoms with Gasteiger partial charge in [-0.15, -0.1) is 0 Å². The Hall–Kier alpha value is -0.870. The maximum absolute atomic E-state index is 11.5. The number of rotatable bonds is 10. The summed E-state index contributed by atoms with van der Waals surface area (Å²) in [7, 11) is 0. The Kier molecular flexibility index (Phi) is 9.60. The summed E-state index contributed by atoms with van der Waals surface area (Å²) in [4.78, 5) is 11.5. The summed E-state index contributed by atoms with van der Waals surface area (Å²) in [5.41, 5.74) is 0.951. The first kappa shape index (κ1) is 17.1. The van der Waals surface area contributed by atoms with Gasteiger partial charge in [0.1, 0.15) is 0 Å². The number of esters is 1. The summed E-state index contributed by atoms with van der Waals surface area (Å²) in [5, 5.41) is 0. The molecule has 0 bridgehead atoms. The molecule has 106 valence electrons. The third-order valence-electron chi connectivity index (χ3n) is 2.60. The zero-order valence-corrected chi connectivity index (χ0v) is 12.0. The van der Waals surface area contributed by atoms with Gasteiger partial charge in [-0.3, -0.25) is 4.79 Å². The van der Waals surface area contributed by atoms with Crippen molar-refractivity contribution < 1.29 is 19.0 Å². The quantitative estimate of drug-likeness (QED) is 0.343. The summed E-state index contributed by atoms with van der Waals surface area (Å²) in [6.07, 6.45) is 0.687. The lowest BCUT2D eigenvalue weighted by Crippen LogP contribution is -2.23. The first-order chi connectivity index (χ1) is 8.54. The van der Waals surface area contributed by atoms with Crippen molar-refractivity contribution in [2.45, 2.75) is 46.8 Å². The molecule has 4 heteroatoms. The van der Waals surface area contributed by atoms with E-state index in [9.17, 15) is 4.79 Å². The molecule has 0 aromatic carbocycles. The average molecular weight is 258 g/mol. The van der Waals surface area contributed by atoms with Gasteiger partial charge in [-0.2, -0.15) is 0 Å². The molecule has 0 rings (SSSR count). The Morgan fingerprint density at radius 3 is 2.06 bits per heavy atom. The highest BCUT2D eigenvalue weighted by Crippen LogP contribution is 2.22. The Labute approximate surface area is 110 Å². The van der Waals surface area contributed by atoms with Gasteiger partial charge < -0.3 is 14.2 Å². The number of ether oxygens (including phenoxy) is 3. The zero-order valence-electron chi connectivity index (χ0n) is 12.0. The predicted molar refractivity (Wildman–Crippen MR) is 71.2 cm³/mol. The molecule has 0 amide bonds. The van der Waals surface area contributed by atoms with Crippen molar-refractivity contribution >= 4 is 5.97 Å². The van der Waals surface area contributed by atoms with Crippen LogP contribution in [0.1, 0.15) is 40.5 Å². The summed E-state index contributed by atoms with van der Waals surface area (Å²) in [6, 6.07) is 0. The van der Waals surface area contributed by atoms with Crippen LogP contribution in [0.5, 0.6) is 0 Å². The maximum Gasteiger partial charge on any atom is 0.306 e.